The highest BCUT2D eigenvalue weighted by atomic mass is 32.2. The highest BCUT2D eigenvalue weighted by Crippen LogP contribution is 2.29. The van der Waals surface area contributed by atoms with Gasteiger partial charge in [-0.25, -0.2) is 0 Å². The second kappa shape index (κ2) is 10.2. The molecule has 0 fully saturated rings. The molecule has 0 aliphatic heterocycles. The first-order chi connectivity index (χ1) is 17.1. The van der Waals surface area contributed by atoms with E-state index in [-0.39, 0.29) is 17.7 Å². The number of hydrogen-bond acceptors (Lipinski definition) is 5. The normalized spacial score (nSPS) is 12.1. The van der Waals surface area contributed by atoms with Crippen LogP contribution < -0.4 is 5.32 Å². The van der Waals surface area contributed by atoms with Gasteiger partial charge in [-0.2, -0.15) is 0 Å². The number of thioether (sulfide) groups is 1. The molecule has 176 valence electrons. The van der Waals surface area contributed by atoms with E-state index in [1.165, 1.54) is 11.8 Å². The fourth-order valence-electron chi connectivity index (χ4n) is 4.15. The fourth-order valence-corrected chi connectivity index (χ4v) is 4.96. The summed E-state index contributed by atoms with van der Waals surface area (Å²) in [6, 6.07) is 27.4. The summed E-state index contributed by atoms with van der Waals surface area (Å²) in [5, 5.41) is 13.7. The Morgan fingerprint density at radius 1 is 1.00 bits per heavy atom. The van der Waals surface area contributed by atoms with Gasteiger partial charge >= 0.3 is 0 Å². The predicted octanol–water partition coefficient (Wildman–Crippen LogP) is 6.02. The summed E-state index contributed by atoms with van der Waals surface area (Å²) in [6.45, 7) is 4.83. The molecule has 0 saturated heterocycles. The van der Waals surface area contributed by atoms with Gasteiger partial charge in [-0.15, -0.1) is 10.2 Å². The number of nitrogens with zero attached hydrogens (tertiary/aromatic N) is 3. The Bertz CT molecular complexity index is 1430. The average Bonchev–Trinajstić information content (AvgIpc) is 3.50. The Morgan fingerprint density at radius 2 is 1.74 bits per heavy atom. The number of hydrogen-bond donors (Lipinski definition) is 1. The molecule has 0 saturated carbocycles. The number of fused-ring (bicyclic) bond motifs is 1. The van der Waals surface area contributed by atoms with Crippen LogP contribution in [0.1, 0.15) is 29.9 Å². The Balaban J connectivity index is 1.35. The Labute approximate surface area is 208 Å². The molecule has 2 aromatic heterocycles. The van der Waals surface area contributed by atoms with E-state index in [0.717, 1.165) is 38.6 Å². The number of amides is 1. The number of benzene rings is 3. The van der Waals surface area contributed by atoms with Crippen LogP contribution in [-0.4, -0.2) is 26.4 Å². The highest BCUT2D eigenvalue weighted by Gasteiger charge is 2.22. The van der Waals surface area contributed by atoms with Crippen LogP contribution in [0.15, 0.2) is 94.5 Å². The molecule has 1 amide bonds. The lowest BCUT2D eigenvalue weighted by Gasteiger charge is -2.17. The van der Waals surface area contributed by atoms with Gasteiger partial charge in [0.1, 0.15) is 17.4 Å². The molecule has 0 aliphatic carbocycles. The molecule has 0 aliphatic rings. The maximum atomic E-state index is 13.1. The minimum Gasteiger partial charge on any atom is -0.459 e. The van der Waals surface area contributed by atoms with Crippen LogP contribution >= 0.6 is 11.8 Å². The fraction of sp³-hybridized carbons (Fsp3) is 0.179. The van der Waals surface area contributed by atoms with E-state index >= 15 is 0 Å². The van der Waals surface area contributed by atoms with E-state index in [4.69, 9.17) is 4.42 Å². The smallest absolute Gasteiger partial charge is 0.231 e. The van der Waals surface area contributed by atoms with Crippen LogP contribution in [0.4, 0.5) is 0 Å². The van der Waals surface area contributed by atoms with Gasteiger partial charge in [0.2, 0.25) is 5.91 Å². The summed E-state index contributed by atoms with van der Waals surface area (Å²) in [4.78, 5) is 13.1. The zero-order valence-corrected chi connectivity index (χ0v) is 20.5. The molecular weight excluding hydrogens is 456 g/mol. The van der Waals surface area contributed by atoms with Crippen LogP contribution in [0.5, 0.6) is 0 Å². The quantitative estimate of drug-likeness (QED) is 0.274. The summed E-state index contributed by atoms with van der Waals surface area (Å²) in [6.07, 6.45) is 0. The molecule has 1 unspecified atom stereocenters. The third-order valence-electron chi connectivity index (χ3n) is 5.92. The van der Waals surface area contributed by atoms with E-state index in [1.807, 2.05) is 83.4 Å². The first kappa shape index (κ1) is 22.9. The first-order valence-corrected chi connectivity index (χ1v) is 12.6. The monoisotopic (exact) mass is 482 g/mol. The summed E-state index contributed by atoms with van der Waals surface area (Å²) >= 11 is 1.39. The zero-order valence-electron chi connectivity index (χ0n) is 19.6. The summed E-state index contributed by atoms with van der Waals surface area (Å²) in [5.41, 5.74) is 3.95. The Hall–Kier alpha value is -3.84. The van der Waals surface area contributed by atoms with Crippen molar-refractivity contribution in [1.82, 2.24) is 20.1 Å². The van der Waals surface area contributed by atoms with Crippen LogP contribution in [0.25, 0.3) is 22.4 Å². The molecule has 1 N–H and O–H groups in total. The van der Waals surface area contributed by atoms with Crippen molar-refractivity contribution >= 4 is 28.6 Å². The maximum absolute atomic E-state index is 13.1. The number of para-hydroxylation sites is 1. The van der Waals surface area contributed by atoms with Gasteiger partial charge in [0.15, 0.2) is 11.0 Å². The van der Waals surface area contributed by atoms with Crippen LogP contribution in [0.3, 0.4) is 0 Å². The molecule has 0 spiro atoms. The number of nitrogens with one attached hydrogen (secondary N) is 1. The highest BCUT2D eigenvalue weighted by molar-refractivity contribution is 7.99. The van der Waals surface area contributed by atoms with Gasteiger partial charge in [-0.1, -0.05) is 84.6 Å². The van der Waals surface area contributed by atoms with Gasteiger partial charge in [0.25, 0.3) is 0 Å². The van der Waals surface area contributed by atoms with E-state index in [1.54, 1.807) is 0 Å². The number of furan rings is 1. The van der Waals surface area contributed by atoms with Crippen molar-refractivity contribution in [3.8, 4) is 11.4 Å². The second-order valence-corrected chi connectivity index (χ2v) is 9.19. The average molecular weight is 483 g/mol. The SMILES string of the molecule is CCn1c(SCC(=O)NC(c2ccccc2)c2cc3ccccc3o2)nnc1-c1ccccc1C. The van der Waals surface area contributed by atoms with Gasteiger partial charge in [0.05, 0.1) is 5.75 Å². The number of aromatic nitrogens is 3. The van der Waals surface area contributed by atoms with E-state index in [0.29, 0.717) is 12.3 Å². The van der Waals surface area contributed by atoms with Crippen molar-refractivity contribution in [2.75, 3.05) is 5.75 Å². The standard InChI is InChI=1S/C28H26N4O2S/c1-3-32-27(22-15-9-7-11-19(22)2)30-31-28(32)35-18-25(33)29-26(20-12-5-4-6-13-20)24-17-21-14-8-10-16-23(21)34-24/h4-17,26H,3,18H2,1-2H3,(H,29,33). The Kier molecular flexibility index (Phi) is 6.68. The van der Waals surface area contributed by atoms with Crippen molar-refractivity contribution in [2.45, 2.75) is 31.6 Å². The molecule has 1 atom stereocenters. The van der Waals surface area contributed by atoms with Crippen LogP contribution in [0, 0.1) is 6.92 Å². The number of rotatable bonds is 8. The molecule has 35 heavy (non-hydrogen) atoms. The van der Waals surface area contributed by atoms with E-state index in [2.05, 4.69) is 35.4 Å². The molecule has 6 nitrogen and oxygen atoms in total. The maximum Gasteiger partial charge on any atom is 0.231 e. The summed E-state index contributed by atoms with van der Waals surface area (Å²) in [5.74, 6) is 1.63. The van der Waals surface area contributed by atoms with E-state index < -0.39 is 0 Å². The lowest BCUT2D eigenvalue weighted by molar-refractivity contribution is -0.119. The number of aryl methyl sites for hydroxylation is 1. The van der Waals surface area contributed by atoms with Crippen LogP contribution in [0.2, 0.25) is 0 Å². The largest absolute Gasteiger partial charge is 0.459 e. The van der Waals surface area contributed by atoms with Crippen LogP contribution in [-0.2, 0) is 11.3 Å². The van der Waals surface area contributed by atoms with Crippen molar-refractivity contribution < 1.29 is 9.21 Å². The molecule has 0 radical (unpaired) electrons. The number of carbonyl (C=O) groups is 1. The van der Waals surface area contributed by atoms with Crippen molar-refractivity contribution in [1.29, 1.82) is 0 Å². The molecule has 0 bridgehead atoms. The molecule has 3 aromatic carbocycles. The lowest BCUT2D eigenvalue weighted by Crippen LogP contribution is -2.30. The second-order valence-electron chi connectivity index (χ2n) is 8.25. The van der Waals surface area contributed by atoms with Gasteiger partial charge in [0, 0.05) is 17.5 Å². The third-order valence-corrected chi connectivity index (χ3v) is 6.89. The zero-order chi connectivity index (χ0) is 24.2. The van der Waals surface area contributed by atoms with Gasteiger partial charge in [-0.3, -0.25) is 4.79 Å². The summed E-state index contributed by atoms with van der Waals surface area (Å²) < 4.78 is 8.15. The lowest BCUT2D eigenvalue weighted by atomic mass is 10.0. The molecule has 2 heterocycles. The minimum absolute atomic E-state index is 0.104. The first-order valence-electron chi connectivity index (χ1n) is 11.6. The molecular formula is C28H26N4O2S. The molecule has 5 rings (SSSR count). The van der Waals surface area contributed by atoms with Crippen molar-refractivity contribution in [3.63, 3.8) is 0 Å². The van der Waals surface area contributed by atoms with Gasteiger partial charge < -0.3 is 14.3 Å². The van der Waals surface area contributed by atoms with E-state index in [9.17, 15) is 4.79 Å². The molecule has 7 heteroatoms. The van der Waals surface area contributed by atoms with Crippen molar-refractivity contribution in [3.05, 3.63) is 102 Å². The van der Waals surface area contributed by atoms with Gasteiger partial charge in [-0.05, 0) is 37.1 Å². The van der Waals surface area contributed by atoms with Crippen molar-refractivity contribution in [2.24, 2.45) is 0 Å². The number of carbonyl (C=O) groups excluding carboxylic acids is 1. The predicted molar refractivity (Wildman–Crippen MR) is 139 cm³/mol. The minimum atomic E-state index is -0.386. The summed E-state index contributed by atoms with van der Waals surface area (Å²) in [7, 11) is 0. The molecule has 5 aromatic rings. The third kappa shape index (κ3) is 4.86. The Morgan fingerprint density at radius 3 is 2.51 bits per heavy atom. The topological polar surface area (TPSA) is 73.0 Å².